The third-order valence-electron chi connectivity index (χ3n) is 5.53. The number of Topliss-reactive ketones (excluding diaryl/α,β-unsaturated/α-hetero) is 1. The lowest BCUT2D eigenvalue weighted by Crippen LogP contribution is -2.34. The maximum atomic E-state index is 12.2. The number of hydrogen-bond donors (Lipinski definition) is 0. The number of fused-ring (bicyclic) bond motifs is 1. The van der Waals surface area contributed by atoms with Crippen molar-refractivity contribution in [2.24, 2.45) is 5.92 Å². The molecule has 4 rings (SSSR count). The molecular weight excluding hydrogens is 338 g/mol. The van der Waals surface area contributed by atoms with Crippen LogP contribution in [0.1, 0.15) is 54.6 Å². The minimum Gasteiger partial charge on any atom is -0.339 e. The van der Waals surface area contributed by atoms with Crippen molar-refractivity contribution < 1.29 is 9.59 Å². The van der Waals surface area contributed by atoms with E-state index < -0.39 is 0 Å². The van der Waals surface area contributed by atoms with Crippen LogP contribution in [0.15, 0.2) is 18.2 Å². The predicted octanol–water partition coefficient (Wildman–Crippen LogP) is 3.09. The first-order valence-electron chi connectivity index (χ1n) is 9.72. The van der Waals surface area contributed by atoms with Crippen LogP contribution in [-0.4, -0.2) is 34.7 Å². The fraction of sp³-hybridized carbons (Fsp3) is 0.455. The second kappa shape index (κ2) is 7.48. The van der Waals surface area contributed by atoms with Crippen molar-refractivity contribution in [3.63, 3.8) is 0 Å². The normalized spacial score (nSPS) is 18.0. The zero-order valence-electron chi connectivity index (χ0n) is 15.4. The van der Waals surface area contributed by atoms with Crippen LogP contribution in [-0.2, 0) is 22.4 Å². The third kappa shape index (κ3) is 3.85. The van der Waals surface area contributed by atoms with E-state index in [0.717, 1.165) is 48.2 Å². The summed E-state index contributed by atoms with van der Waals surface area (Å²) in [5.74, 6) is 0.608. The van der Waals surface area contributed by atoms with Crippen LogP contribution in [0.25, 0.3) is 11.6 Å². The first-order valence-corrected chi connectivity index (χ1v) is 9.72. The smallest absolute Gasteiger partial charge is 0.223 e. The lowest BCUT2D eigenvalue weighted by Gasteiger charge is -2.27. The molecule has 27 heavy (non-hydrogen) atoms. The summed E-state index contributed by atoms with van der Waals surface area (Å²) in [6.45, 7) is 1.25. The minimum atomic E-state index is 0.0439. The SMILES string of the molecule is N#CCCC(=O)N1CC=C(c2cc(CC(=O)C3CC3)nc3c2C=CC3)CC1. The molecule has 0 atom stereocenters. The molecule has 0 saturated heterocycles. The molecule has 1 saturated carbocycles. The lowest BCUT2D eigenvalue weighted by molar-refractivity contribution is -0.130. The number of nitriles is 1. The average molecular weight is 361 g/mol. The Morgan fingerprint density at radius 2 is 2.19 bits per heavy atom. The molecule has 2 aliphatic carbocycles. The van der Waals surface area contributed by atoms with Crippen molar-refractivity contribution >= 4 is 23.3 Å². The molecule has 1 amide bonds. The van der Waals surface area contributed by atoms with Crippen molar-refractivity contribution in [1.82, 2.24) is 9.88 Å². The highest BCUT2D eigenvalue weighted by atomic mass is 16.2. The number of rotatable bonds is 6. The van der Waals surface area contributed by atoms with Gasteiger partial charge in [0.05, 0.1) is 11.8 Å². The molecule has 5 nitrogen and oxygen atoms in total. The Morgan fingerprint density at radius 1 is 1.33 bits per heavy atom. The van der Waals surface area contributed by atoms with E-state index in [2.05, 4.69) is 24.3 Å². The van der Waals surface area contributed by atoms with E-state index in [-0.39, 0.29) is 18.2 Å². The van der Waals surface area contributed by atoms with Crippen LogP contribution in [0, 0.1) is 17.2 Å². The average Bonchev–Trinajstić information content (AvgIpc) is 3.44. The molecule has 0 N–H and O–H groups in total. The summed E-state index contributed by atoms with van der Waals surface area (Å²) in [5, 5.41) is 8.65. The van der Waals surface area contributed by atoms with Gasteiger partial charge in [0.1, 0.15) is 5.78 Å². The van der Waals surface area contributed by atoms with Crippen molar-refractivity contribution in [2.75, 3.05) is 13.1 Å². The largest absolute Gasteiger partial charge is 0.339 e. The molecule has 0 spiro atoms. The van der Waals surface area contributed by atoms with E-state index >= 15 is 0 Å². The standard InChI is InChI=1S/C22H23N3O2/c23-10-2-5-22(27)25-11-8-15(9-12-25)19-13-17(14-21(26)16-6-7-16)24-20-4-1-3-18(19)20/h1,3,8,13,16H,2,4-7,9,11-12,14H2. The van der Waals surface area contributed by atoms with Gasteiger partial charge in [0, 0.05) is 55.9 Å². The van der Waals surface area contributed by atoms with Crippen molar-refractivity contribution in [3.05, 3.63) is 40.7 Å². The molecule has 0 unspecified atom stereocenters. The Balaban J connectivity index is 1.54. The van der Waals surface area contributed by atoms with Gasteiger partial charge in [-0.1, -0.05) is 18.2 Å². The quantitative estimate of drug-likeness (QED) is 0.780. The Kier molecular flexibility index (Phi) is 4.89. The Hall–Kier alpha value is -2.74. The number of aromatic nitrogens is 1. The van der Waals surface area contributed by atoms with Gasteiger partial charge >= 0.3 is 0 Å². The molecule has 0 radical (unpaired) electrons. The molecule has 1 aromatic rings. The van der Waals surface area contributed by atoms with Crippen molar-refractivity contribution in [3.8, 4) is 6.07 Å². The molecule has 1 aromatic heterocycles. The van der Waals surface area contributed by atoms with Crippen molar-refractivity contribution in [2.45, 2.75) is 44.9 Å². The van der Waals surface area contributed by atoms with Crippen LogP contribution < -0.4 is 0 Å². The van der Waals surface area contributed by atoms with Gasteiger partial charge in [-0.3, -0.25) is 14.6 Å². The highest BCUT2D eigenvalue weighted by Gasteiger charge is 2.30. The predicted molar refractivity (Wildman–Crippen MR) is 102 cm³/mol. The van der Waals surface area contributed by atoms with Crippen molar-refractivity contribution in [1.29, 1.82) is 5.26 Å². The van der Waals surface area contributed by atoms with Crippen LogP contribution in [0.3, 0.4) is 0 Å². The van der Waals surface area contributed by atoms with Gasteiger partial charge in [0.15, 0.2) is 0 Å². The number of amides is 1. The lowest BCUT2D eigenvalue weighted by atomic mass is 9.93. The van der Waals surface area contributed by atoms with Gasteiger partial charge in [-0.15, -0.1) is 0 Å². The summed E-state index contributed by atoms with van der Waals surface area (Å²) in [6, 6.07) is 4.11. The highest BCUT2D eigenvalue weighted by molar-refractivity contribution is 5.86. The summed E-state index contributed by atoms with van der Waals surface area (Å²) in [7, 11) is 0. The summed E-state index contributed by atoms with van der Waals surface area (Å²) >= 11 is 0. The second-order valence-electron chi connectivity index (χ2n) is 7.52. The van der Waals surface area contributed by atoms with E-state index in [9.17, 15) is 9.59 Å². The Bertz CT molecular complexity index is 888. The van der Waals surface area contributed by atoms with Gasteiger partial charge in [0.25, 0.3) is 0 Å². The van der Waals surface area contributed by atoms with Gasteiger partial charge in [-0.05, 0) is 36.5 Å². The molecule has 0 aromatic carbocycles. The number of carbonyl (C=O) groups excluding carboxylic acids is 2. The first kappa shape index (κ1) is 17.7. The molecule has 5 heteroatoms. The zero-order valence-corrected chi connectivity index (χ0v) is 15.4. The van der Waals surface area contributed by atoms with Gasteiger partial charge in [0.2, 0.25) is 5.91 Å². The molecule has 3 aliphatic rings. The van der Waals surface area contributed by atoms with Gasteiger partial charge in [-0.2, -0.15) is 5.26 Å². The number of ketones is 1. The number of carbonyl (C=O) groups is 2. The molecule has 0 bridgehead atoms. The van der Waals surface area contributed by atoms with E-state index in [1.54, 1.807) is 0 Å². The van der Waals surface area contributed by atoms with E-state index in [1.807, 2.05) is 11.0 Å². The monoisotopic (exact) mass is 361 g/mol. The number of nitrogens with zero attached hydrogens (tertiary/aromatic N) is 3. The summed E-state index contributed by atoms with van der Waals surface area (Å²) < 4.78 is 0. The van der Waals surface area contributed by atoms with Crippen LogP contribution in [0.2, 0.25) is 0 Å². The summed E-state index contributed by atoms with van der Waals surface area (Å²) in [5.41, 5.74) is 5.48. The fourth-order valence-electron chi connectivity index (χ4n) is 3.84. The van der Waals surface area contributed by atoms with E-state index in [4.69, 9.17) is 10.2 Å². The third-order valence-corrected chi connectivity index (χ3v) is 5.53. The topological polar surface area (TPSA) is 74.1 Å². The molecule has 2 heterocycles. The molecule has 138 valence electrons. The van der Waals surface area contributed by atoms with E-state index in [0.29, 0.717) is 31.7 Å². The second-order valence-corrected chi connectivity index (χ2v) is 7.52. The molecule has 1 fully saturated rings. The van der Waals surface area contributed by atoms with Crippen LogP contribution in [0.4, 0.5) is 0 Å². The van der Waals surface area contributed by atoms with Gasteiger partial charge < -0.3 is 4.90 Å². The summed E-state index contributed by atoms with van der Waals surface area (Å²) in [4.78, 5) is 30.9. The summed E-state index contributed by atoms with van der Waals surface area (Å²) in [6.07, 6.45) is 11.0. The number of allylic oxidation sites excluding steroid dienone is 1. The number of hydrogen-bond acceptors (Lipinski definition) is 4. The van der Waals surface area contributed by atoms with Gasteiger partial charge in [-0.25, -0.2) is 0 Å². The number of pyridine rings is 1. The zero-order chi connectivity index (χ0) is 18.8. The Labute approximate surface area is 159 Å². The maximum Gasteiger partial charge on any atom is 0.223 e. The Morgan fingerprint density at radius 3 is 2.89 bits per heavy atom. The van der Waals surface area contributed by atoms with Crippen LogP contribution >= 0.6 is 0 Å². The molecular formula is C22H23N3O2. The molecule has 1 aliphatic heterocycles. The highest BCUT2D eigenvalue weighted by Crippen LogP contribution is 2.34. The van der Waals surface area contributed by atoms with Crippen LogP contribution in [0.5, 0.6) is 0 Å². The van der Waals surface area contributed by atoms with E-state index in [1.165, 1.54) is 5.57 Å². The first-order chi connectivity index (χ1) is 13.2. The minimum absolute atomic E-state index is 0.0439. The maximum absolute atomic E-state index is 12.2. The fourth-order valence-corrected chi connectivity index (χ4v) is 3.84.